The van der Waals surface area contributed by atoms with Crippen LogP contribution in [0.3, 0.4) is 0 Å². The fourth-order valence-electron chi connectivity index (χ4n) is 2.52. The van der Waals surface area contributed by atoms with Crippen molar-refractivity contribution in [2.75, 3.05) is 50.1 Å². The first-order valence-corrected chi connectivity index (χ1v) is 7.95. The Balaban J connectivity index is 2.02. The molecular formula is C15H19ClF4N2O. The first-order valence-electron chi connectivity index (χ1n) is 7.41. The monoisotopic (exact) mass is 354 g/mol. The maximum atomic E-state index is 13.3. The average Bonchev–Trinajstić information content (AvgIpc) is 2.51. The maximum Gasteiger partial charge on any atom is 0.422 e. The smallest absolute Gasteiger partial charge is 0.422 e. The third-order valence-electron chi connectivity index (χ3n) is 3.63. The Morgan fingerprint density at radius 2 is 1.83 bits per heavy atom. The predicted molar refractivity (Wildman–Crippen MR) is 81.9 cm³/mol. The van der Waals surface area contributed by atoms with Gasteiger partial charge in [-0.2, -0.15) is 13.2 Å². The second-order valence-corrected chi connectivity index (χ2v) is 5.77. The van der Waals surface area contributed by atoms with Crippen molar-refractivity contribution < 1.29 is 22.3 Å². The van der Waals surface area contributed by atoms with E-state index in [-0.39, 0.29) is 5.75 Å². The van der Waals surface area contributed by atoms with Crippen LogP contribution in [0.5, 0.6) is 5.75 Å². The van der Waals surface area contributed by atoms with Crippen LogP contribution in [0.25, 0.3) is 0 Å². The number of hydrogen-bond donors (Lipinski definition) is 0. The molecule has 1 aromatic carbocycles. The quantitative estimate of drug-likeness (QED) is 0.574. The van der Waals surface area contributed by atoms with E-state index in [1.54, 1.807) is 0 Å². The van der Waals surface area contributed by atoms with E-state index in [1.807, 2.05) is 4.90 Å². The molecule has 0 atom stereocenters. The lowest BCUT2D eigenvalue weighted by Gasteiger charge is -2.36. The topological polar surface area (TPSA) is 15.7 Å². The molecule has 0 aromatic heterocycles. The summed E-state index contributed by atoms with van der Waals surface area (Å²) in [6.07, 6.45) is -3.55. The standard InChI is InChI=1S/C15H19ClF4N2O/c16-4-1-5-21-6-8-22(9-7-21)13-3-2-12(17)10-14(13)23-11-15(18,19)20/h2-3,10H,1,4-9,11H2. The lowest BCUT2D eigenvalue weighted by atomic mass is 10.2. The molecule has 1 aliphatic heterocycles. The highest BCUT2D eigenvalue weighted by atomic mass is 35.5. The third kappa shape index (κ3) is 5.73. The number of anilines is 1. The summed E-state index contributed by atoms with van der Waals surface area (Å²) in [7, 11) is 0. The normalized spacial score (nSPS) is 16.7. The van der Waals surface area contributed by atoms with Crippen LogP contribution in [0, 0.1) is 5.82 Å². The van der Waals surface area contributed by atoms with Crippen molar-refractivity contribution in [2.24, 2.45) is 0 Å². The lowest BCUT2D eigenvalue weighted by Crippen LogP contribution is -2.46. The van der Waals surface area contributed by atoms with Gasteiger partial charge in [-0.05, 0) is 25.1 Å². The molecule has 1 aliphatic rings. The molecule has 3 nitrogen and oxygen atoms in total. The van der Waals surface area contributed by atoms with Crippen LogP contribution in [0.4, 0.5) is 23.2 Å². The summed E-state index contributed by atoms with van der Waals surface area (Å²) in [5, 5.41) is 0. The van der Waals surface area contributed by atoms with E-state index in [2.05, 4.69) is 4.90 Å². The van der Waals surface area contributed by atoms with Crippen LogP contribution in [0.1, 0.15) is 6.42 Å². The third-order valence-corrected chi connectivity index (χ3v) is 3.90. The van der Waals surface area contributed by atoms with Gasteiger partial charge in [0.1, 0.15) is 11.6 Å². The van der Waals surface area contributed by atoms with Gasteiger partial charge in [-0.1, -0.05) is 0 Å². The van der Waals surface area contributed by atoms with E-state index in [4.69, 9.17) is 16.3 Å². The number of halogens is 5. The van der Waals surface area contributed by atoms with Crippen LogP contribution in [-0.4, -0.2) is 56.3 Å². The van der Waals surface area contributed by atoms with Crippen LogP contribution < -0.4 is 9.64 Å². The van der Waals surface area contributed by atoms with Gasteiger partial charge in [-0.15, -0.1) is 11.6 Å². The molecule has 0 N–H and O–H groups in total. The Hall–Kier alpha value is -1.21. The average molecular weight is 355 g/mol. The molecule has 0 unspecified atom stereocenters. The van der Waals surface area contributed by atoms with Crippen molar-refractivity contribution in [2.45, 2.75) is 12.6 Å². The van der Waals surface area contributed by atoms with Crippen LogP contribution >= 0.6 is 11.6 Å². The highest BCUT2D eigenvalue weighted by Gasteiger charge is 2.29. The first kappa shape index (κ1) is 18.1. The minimum atomic E-state index is -4.45. The molecule has 0 aliphatic carbocycles. The summed E-state index contributed by atoms with van der Waals surface area (Å²) in [5.74, 6) is -0.0867. The number of hydrogen-bond acceptors (Lipinski definition) is 3. The van der Waals surface area contributed by atoms with Crippen molar-refractivity contribution in [3.8, 4) is 5.75 Å². The zero-order chi connectivity index (χ0) is 16.9. The van der Waals surface area contributed by atoms with E-state index in [9.17, 15) is 17.6 Å². The lowest BCUT2D eigenvalue weighted by molar-refractivity contribution is -0.153. The summed E-state index contributed by atoms with van der Waals surface area (Å²) in [6, 6.07) is 3.70. The number of piperazine rings is 1. The molecule has 1 fully saturated rings. The van der Waals surface area contributed by atoms with Gasteiger partial charge in [0.25, 0.3) is 0 Å². The SMILES string of the molecule is Fc1ccc(N2CCN(CCCCl)CC2)c(OCC(F)(F)F)c1. The zero-order valence-corrected chi connectivity index (χ0v) is 13.3. The molecule has 0 spiro atoms. The summed E-state index contributed by atoms with van der Waals surface area (Å²) in [6.45, 7) is 2.34. The van der Waals surface area contributed by atoms with E-state index in [0.29, 0.717) is 24.7 Å². The predicted octanol–water partition coefficient (Wildman–Crippen LogP) is 3.52. The van der Waals surface area contributed by atoms with Gasteiger partial charge in [0.05, 0.1) is 5.69 Å². The molecule has 0 bridgehead atoms. The maximum absolute atomic E-state index is 13.3. The highest BCUT2D eigenvalue weighted by Crippen LogP contribution is 2.31. The van der Waals surface area contributed by atoms with E-state index in [0.717, 1.165) is 32.1 Å². The molecule has 1 saturated heterocycles. The molecule has 8 heteroatoms. The number of ether oxygens (including phenoxy) is 1. The number of rotatable bonds is 6. The zero-order valence-electron chi connectivity index (χ0n) is 12.6. The second kappa shape index (κ2) is 8.06. The number of alkyl halides is 4. The van der Waals surface area contributed by atoms with Gasteiger partial charge >= 0.3 is 6.18 Å². The van der Waals surface area contributed by atoms with Crippen LogP contribution in [0.2, 0.25) is 0 Å². The fraction of sp³-hybridized carbons (Fsp3) is 0.600. The van der Waals surface area contributed by atoms with Crippen LogP contribution in [-0.2, 0) is 0 Å². The number of nitrogens with zero attached hydrogens (tertiary/aromatic N) is 2. The summed E-state index contributed by atoms with van der Waals surface area (Å²) in [4.78, 5) is 4.17. The highest BCUT2D eigenvalue weighted by molar-refractivity contribution is 6.17. The van der Waals surface area contributed by atoms with E-state index < -0.39 is 18.6 Å². The Morgan fingerprint density at radius 3 is 2.43 bits per heavy atom. The van der Waals surface area contributed by atoms with Crippen molar-refractivity contribution in [1.29, 1.82) is 0 Å². The van der Waals surface area contributed by atoms with Gasteiger partial charge in [-0.3, -0.25) is 4.90 Å². The molecular weight excluding hydrogens is 336 g/mol. The van der Waals surface area contributed by atoms with Crippen molar-refractivity contribution in [3.63, 3.8) is 0 Å². The summed E-state index contributed by atoms with van der Waals surface area (Å²) >= 11 is 5.67. The Bertz CT molecular complexity index is 505. The molecule has 23 heavy (non-hydrogen) atoms. The Labute approximate surface area is 137 Å². The molecule has 0 radical (unpaired) electrons. The van der Waals surface area contributed by atoms with Gasteiger partial charge in [0.15, 0.2) is 6.61 Å². The number of benzene rings is 1. The van der Waals surface area contributed by atoms with Gasteiger partial charge in [-0.25, -0.2) is 4.39 Å². The van der Waals surface area contributed by atoms with Gasteiger partial charge < -0.3 is 9.64 Å². The molecule has 0 saturated carbocycles. The van der Waals surface area contributed by atoms with Crippen LogP contribution in [0.15, 0.2) is 18.2 Å². The van der Waals surface area contributed by atoms with Gasteiger partial charge in [0.2, 0.25) is 0 Å². The Morgan fingerprint density at radius 1 is 1.13 bits per heavy atom. The molecule has 130 valence electrons. The minimum absolute atomic E-state index is 0.0727. The second-order valence-electron chi connectivity index (χ2n) is 5.39. The molecule has 1 heterocycles. The summed E-state index contributed by atoms with van der Waals surface area (Å²) in [5.41, 5.74) is 0.493. The van der Waals surface area contributed by atoms with Crippen molar-refractivity contribution >= 4 is 17.3 Å². The molecule has 0 amide bonds. The van der Waals surface area contributed by atoms with Crippen molar-refractivity contribution in [3.05, 3.63) is 24.0 Å². The first-order chi connectivity index (χ1) is 10.9. The fourth-order valence-corrected chi connectivity index (χ4v) is 2.64. The largest absolute Gasteiger partial charge is 0.482 e. The van der Waals surface area contributed by atoms with Gasteiger partial charge in [0, 0.05) is 38.1 Å². The van der Waals surface area contributed by atoms with Crippen molar-refractivity contribution in [1.82, 2.24) is 4.90 Å². The Kier molecular flexibility index (Phi) is 6.35. The summed E-state index contributed by atoms with van der Waals surface area (Å²) < 4.78 is 55.1. The molecule has 1 aromatic rings. The van der Waals surface area contributed by atoms with E-state index >= 15 is 0 Å². The minimum Gasteiger partial charge on any atom is -0.482 e. The molecule has 2 rings (SSSR count). The van der Waals surface area contributed by atoms with E-state index in [1.165, 1.54) is 12.1 Å².